The van der Waals surface area contributed by atoms with E-state index in [1.807, 2.05) is 18.2 Å². The number of rotatable bonds is 13. The van der Waals surface area contributed by atoms with Crippen LogP contribution in [0.5, 0.6) is 11.6 Å². The zero-order valence-corrected chi connectivity index (χ0v) is 25.4. The first-order valence-corrected chi connectivity index (χ1v) is 15.6. The van der Waals surface area contributed by atoms with Gasteiger partial charge in [0.25, 0.3) is 0 Å². The van der Waals surface area contributed by atoms with E-state index in [0.29, 0.717) is 29.3 Å². The molecule has 0 saturated carbocycles. The second-order valence-electron chi connectivity index (χ2n) is 10.7. The van der Waals surface area contributed by atoms with Crippen LogP contribution in [-0.4, -0.2) is 50.9 Å². The zero-order valence-electron chi connectivity index (χ0n) is 24.5. The molecule has 0 radical (unpaired) electrons. The summed E-state index contributed by atoms with van der Waals surface area (Å²) >= 11 is 0. The minimum absolute atomic E-state index is 0.0982. The first-order chi connectivity index (χ1) is 18.9. The van der Waals surface area contributed by atoms with Gasteiger partial charge in [0.2, 0.25) is 13.2 Å². The Bertz CT molecular complexity index is 1320. The lowest BCUT2D eigenvalue weighted by molar-refractivity contribution is 0.166. The molecule has 0 fully saturated rings. The van der Waals surface area contributed by atoms with Crippen molar-refractivity contribution in [2.45, 2.75) is 78.5 Å². The monoisotopic (exact) mass is 572 g/mol. The quantitative estimate of drug-likeness (QED) is 0.218. The second kappa shape index (κ2) is 13.7. The van der Waals surface area contributed by atoms with Crippen molar-refractivity contribution in [3.63, 3.8) is 0 Å². The van der Waals surface area contributed by atoms with E-state index in [4.69, 9.17) is 9.47 Å². The highest BCUT2D eigenvalue weighted by molar-refractivity contribution is 7.58. The lowest BCUT2D eigenvalue weighted by Gasteiger charge is -2.31. The Kier molecular flexibility index (Phi) is 10.9. The Morgan fingerprint density at radius 2 is 1.73 bits per heavy atom. The van der Waals surface area contributed by atoms with Crippen molar-refractivity contribution in [2.24, 2.45) is 0 Å². The number of methoxy groups -OCH3 is 1. The van der Waals surface area contributed by atoms with E-state index >= 15 is 0 Å². The fourth-order valence-electron chi connectivity index (χ4n) is 4.77. The molecular formula is C31H42FN2O5P. The molecule has 0 aliphatic heterocycles. The first-order valence-electron chi connectivity index (χ1n) is 13.7. The number of ether oxygens (including phenoxy) is 2. The molecule has 1 aromatic heterocycles. The van der Waals surface area contributed by atoms with Gasteiger partial charge in [0.15, 0.2) is 0 Å². The van der Waals surface area contributed by atoms with Crippen molar-refractivity contribution in [1.29, 1.82) is 0 Å². The van der Waals surface area contributed by atoms with Gasteiger partial charge in [0.1, 0.15) is 18.2 Å². The van der Waals surface area contributed by atoms with Gasteiger partial charge in [0.05, 0.1) is 25.1 Å². The fourth-order valence-corrected chi connectivity index (χ4v) is 5.96. The first kappa shape index (κ1) is 31.8. The molecule has 7 nitrogen and oxygen atoms in total. The van der Waals surface area contributed by atoms with Gasteiger partial charge in [0, 0.05) is 36.4 Å². The summed E-state index contributed by atoms with van der Waals surface area (Å²) in [6, 6.07) is 15.0. The van der Waals surface area contributed by atoms with Gasteiger partial charge in [-0.15, -0.1) is 0 Å². The van der Waals surface area contributed by atoms with Gasteiger partial charge in [-0.2, -0.15) is 0 Å². The van der Waals surface area contributed by atoms with E-state index in [1.165, 1.54) is 13.3 Å². The van der Waals surface area contributed by atoms with Crippen molar-refractivity contribution in [2.75, 3.05) is 13.3 Å². The zero-order chi connectivity index (χ0) is 29.6. The molecule has 9 heteroatoms. The van der Waals surface area contributed by atoms with Crippen molar-refractivity contribution in [3.05, 3.63) is 77.2 Å². The summed E-state index contributed by atoms with van der Waals surface area (Å²) in [7, 11) is -1.96. The van der Waals surface area contributed by atoms with Crippen molar-refractivity contribution in [1.82, 2.24) is 9.88 Å². The molecule has 0 aliphatic carbocycles. The molecule has 0 bridgehead atoms. The fraction of sp³-hybridized carbons (Fsp3) is 0.452. The highest BCUT2D eigenvalue weighted by Crippen LogP contribution is 2.50. The number of aliphatic hydroxyl groups excluding tert-OH is 1. The molecule has 2 N–H and O–H groups in total. The average molecular weight is 573 g/mol. The third-order valence-corrected chi connectivity index (χ3v) is 9.79. The largest absolute Gasteiger partial charge is 0.489 e. The van der Waals surface area contributed by atoms with Gasteiger partial charge in [-0.1, -0.05) is 44.2 Å². The summed E-state index contributed by atoms with van der Waals surface area (Å²) in [4.78, 5) is 16.5. The summed E-state index contributed by atoms with van der Waals surface area (Å²) in [5.74, 6) is 0.452. The molecule has 218 valence electrons. The standard InChI is InChI=1S/C31H42FN2O5P/c1-8-40(36,37)22(6)31(35)24-10-9-11-26(15-24)39-19-23-12-13-27(28-16-30(38-7)33-17-29(28)32)25(14-23)18-34(20(2)3)21(4)5/h9-17,20-22,31,35H,8,18-19H2,1-7H3,(H,36,37)/t22-,31+/m0/s1. The number of benzene rings is 2. The van der Waals surface area contributed by atoms with Crippen LogP contribution in [0.15, 0.2) is 54.7 Å². The molecule has 2 aromatic carbocycles. The lowest BCUT2D eigenvalue weighted by atomic mass is 9.96. The van der Waals surface area contributed by atoms with Crippen molar-refractivity contribution < 1.29 is 28.4 Å². The second-order valence-corrected chi connectivity index (χ2v) is 13.6. The Labute approximate surface area is 237 Å². The summed E-state index contributed by atoms with van der Waals surface area (Å²) in [6.45, 7) is 12.7. The van der Waals surface area contributed by atoms with Crippen LogP contribution in [0.3, 0.4) is 0 Å². The van der Waals surface area contributed by atoms with Crippen LogP contribution in [0.25, 0.3) is 11.1 Å². The normalized spacial score (nSPS) is 14.8. The molecule has 0 amide bonds. The molecule has 40 heavy (non-hydrogen) atoms. The SMILES string of the molecule is CCP(=O)(O)[C@@H](C)[C@@H](O)c1cccc(OCc2ccc(-c3cc(OC)ncc3F)c(CN(C(C)C)C(C)C)c2)c1. The van der Waals surface area contributed by atoms with E-state index in [0.717, 1.165) is 16.7 Å². The van der Waals surface area contributed by atoms with Crippen LogP contribution in [-0.2, 0) is 17.7 Å². The van der Waals surface area contributed by atoms with Gasteiger partial charge < -0.3 is 19.5 Å². The molecule has 0 aliphatic rings. The maximum Gasteiger partial charge on any atom is 0.213 e. The number of aromatic nitrogens is 1. The average Bonchev–Trinajstić information content (AvgIpc) is 2.94. The van der Waals surface area contributed by atoms with E-state index in [2.05, 4.69) is 37.6 Å². The molecule has 0 spiro atoms. The molecule has 3 rings (SSSR count). The predicted octanol–water partition coefficient (Wildman–Crippen LogP) is 6.81. The minimum atomic E-state index is -3.47. The lowest BCUT2D eigenvalue weighted by Crippen LogP contribution is -2.36. The van der Waals surface area contributed by atoms with Gasteiger partial charge in [-0.3, -0.25) is 9.46 Å². The highest BCUT2D eigenvalue weighted by atomic mass is 31.2. The molecule has 1 heterocycles. The molecule has 3 atom stereocenters. The number of halogens is 1. The summed E-state index contributed by atoms with van der Waals surface area (Å²) in [5, 5.41) is 10.7. The van der Waals surface area contributed by atoms with E-state index in [9.17, 15) is 19.0 Å². The van der Waals surface area contributed by atoms with E-state index < -0.39 is 24.9 Å². The minimum Gasteiger partial charge on any atom is -0.489 e. The van der Waals surface area contributed by atoms with Gasteiger partial charge >= 0.3 is 0 Å². The smallest absolute Gasteiger partial charge is 0.213 e. The number of hydrogen-bond donors (Lipinski definition) is 2. The topological polar surface area (TPSA) is 92.1 Å². The number of pyridine rings is 1. The summed E-state index contributed by atoms with van der Waals surface area (Å²) < 4.78 is 38.7. The molecular weight excluding hydrogens is 530 g/mol. The highest BCUT2D eigenvalue weighted by Gasteiger charge is 2.32. The third kappa shape index (κ3) is 7.70. The Hall–Kier alpha value is -2.77. The summed E-state index contributed by atoms with van der Waals surface area (Å²) in [5.41, 5.74) is 2.77. The van der Waals surface area contributed by atoms with Crippen LogP contribution in [0.2, 0.25) is 0 Å². The van der Waals surface area contributed by atoms with Crippen molar-refractivity contribution >= 4 is 7.37 Å². The Balaban J connectivity index is 1.91. The molecule has 0 saturated heterocycles. The van der Waals surface area contributed by atoms with Crippen LogP contribution >= 0.6 is 7.37 Å². The maximum absolute atomic E-state index is 14.9. The summed E-state index contributed by atoms with van der Waals surface area (Å²) in [6.07, 6.45) is 0.187. The number of nitrogens with zero attached hydrogens (tertiary/aromatic N) is 2. The van der Waals surface area contributed by atoms with Gasteiger partial charge in [-0.25, -0.2) is 9.37 Å². The Morgan fingerprint density at radius 1 is 1.02 bits per heavy atom. The third-order valence-electron chi connectivity index (χ3n) is 7.33. The van der Waals surface area contributed by atoms with E-state index in [1.54, 1.807) is 44.2 Å². The Morgan fingerprint density at radius 3 is 2.35 bits per heavy atom. The predicted molar refractivity (Wildman–Crippen MR) is 158 cm³/mol. The molecule has 3 aromatic rings. The van der Waals surface area contributed by atoms with Crippen LogP contribution < -0.4 is 9.47 Å². The number of aliphatic hydroxyl groups is 1. The molecule has 1 unspecified atom stereocenters. The van der Waals surface area contributed by atoms with Crippen molar-refractivity contribution in [3.8, 4) is 22.8 Å². The van der Waals surface area contributed by atoms with Gasteiger partial charge in [-0.05, 0) is 62.1 Å². The number of hydrogen-bond acceptors (Lipinski definition) is 6. The van der Waals surface area contributed by atoms with Crippen LogP contribution in [0, 0.1) is 5.82 Å². The maximum atomic E-state index is 14.9. The van der Waals surface area contributed by atoms with Crippen LogP contribution in [0.4, 0.5) is 4.39 Å². The van der Waals surface area contributed by atoms with E-state index in [-0.39, 0.29) is 24.9 Å². The van der Waals surface area contributed by atoms with Crippen LogP contribution in [0.1, 0.15) is 64.3 Å².